The van der Waals surface area contributed by atoms with Crippen LogP contribution in [0.3, 0.4) is 0 Å². The molecule has 46 heavy (non-hydrogen) atoms. The molecule has 0 radical (unpaired) electrons. The van der Waals surface area contributed by atoms with Gasteiger partial charge in [-0.1, -0.05) is 41.9 Å². The maximum absolute atomic E-state index is 13.2. The smallest absolute Gasteiger partial charge is 0.411 e. The van der Waals surface area contributed by atoms with Crippen LogP contribution in [0, 0.1) is 0 Å². The zero-order valence-corrected chi connectivity index (χ0v) is 24.9. The Morgan fingerprint density at radius 2 is 1.83 bits per heavy atom. The summed E-state index contributed by atoms with van der Waals surface area (Å²) in [6, 6.07) is 20.8. The highest BCUT2D eigenvalue weighted by molar-refractivity contribution is 6.30. The largest absolute Gasteiger partial charge is 0.453 e. The number of hydrogen-bond acceptors (Lipinski definition) is 9. The summed E-state index contributed by atoms with van der Waals surface area (Å²) in [6.45, 7) is -0.0547. The fourth-order valence-corrected chi connectivity index (χ4v) is 4.54. The van der Waals surface area contributed by atoms with Crippen molar-refractivity contribution in [2.24, 2.45) is 0 Å². The molecule has 5 rings (SSSR count). The molecule has 2 heterocycles. The van der Waals surface area contributed by atoms with E-state index >= 15 is 0 Å². The fraction of sp³-hybridized carbons (Fsp3) is 0.0968. The summed E-state index contributed by atoms with van der Waals surface area (Å²) in [5.74, 6) is -0.881. The Morgan fingerprint density at radius 3 is 2.54 bits per heavy atom. The maximum atomic E-state index is 13.2. The van der Waals surface area contributed by atoms with E-state index in [1.54, 1.807) is 78.9 Å². The number of nitrogens with zero attached hydrogens (tertiary/aromatic N) is 5. The summed E-state index contributed by atoms with van der Waals surface area (Å²) >= 11 is 6.20. The molecule has 4 N–H and O–H groups in total. The zero-order chi connectivity index (χ0) is 32.5. The molecule has 0 aliphatic heterocycles. The Bertz CT molecular complexity index is 1930. The van der Waals surface area contributed by atoms with Crippen LogP contribution in [0.4, 0.5) is 10.5 Å². The molecule has 15 heteroatoms. The van der Waals surface area contributed by atoms with Crippen LogP contribution in [0.2, 0.25) is 5.02 Å². The van der Waals surface area contributed by atoms with E-state index in [0.717, 1.165) is 0 Å². The van der Waals surface area contributed by atoms with Gasteiger partial charge in [0.2, 0.25) is 5.91 Å². The molecular weight excluding hydrogens is 614 g/mol. The minimum absolute atomic E-state index is 0.0547. The molecule has 0 saturated heterocycles. The number of carbonyl (C=O) groups is 3. The number of aromatic nitrogens is 6. The SMILES string of the molecule is COC(=O)Nc1ccc(-c2cc([C@H](CNC(=O)c3ccccc3)NC(=O)C=Cc3cc(Cl)ccc3-n3cnnn3)n[nH]c2=O)cc1. The van der Waals surface area contributed by atoms with Gasteiger partial charge in [-0.25, -0.2) is 9.89 Å². The second-order valence-corrected chi connectivity index (χ2v) is 10.1. The topological polar surface area (TPSA) is 186 Å². The van der Waals surface area contributed by atoms with E-state index in [9.17, 15) is 19.2 Å². The van der Waals surface area contributed by atoms with Crippen molar-refractivity contribution >= 4 is 41.3 Å². The van der Waals surface area contributed by atoms with Gasteiger partial charge in [-0.15, -0.1) is 5.10 Å². The van der Waals surface area contributed by atoms with Crippen LogP contribution < -0.4 is 21.5 Å². The summed E-state index contributed by atoms with van der Waals surface area (Å²) in [5, 5.41) is 26.5. The van der Waals surface area contributed by atoms with E-state index in [1.807, 2.05) is 0 Å². The number of benzene rings is 3. The molecule has 5 aromatic rings. The van der Waals surface area contributed by atoms with Gasteiger partial charge in [0, 0.05) is 34.5 Å². The van der Waals surface area contributed by atoms with Gasteiger partial charge in [0.1, 0.15) is 6.33 Å². The Labute approximate surface area is 266 Å². The molecule has 14 nitrogen and oxygen atoms in total. The van der Waals surface area contributed by atoms with Crippen molar-refractivity contribution in [2.75, 3.05) is 19.0 Å². The van der Waals surface area contributed by atoms with Gasteiger partial charge >= 0.3 is 6.09 Å². The van der Waals surface area contributed by atoms with Crippen LogP contribution in [-0.2, 0) is 9.53 Å². The van der Waals surface area contributed by atoms with Crippen molar-refractivity contribution in [3.05, 3.63) is 123 Å². The Kier molecular flexibility index (Phi) is 9.89. The van der Waals surface area contributed by atoms with Crippen LogP contribution in [-0.4, -0.2) is 62.0 Å². The number of hydrogen-bond donors (Lipinski definition) is 4. The summed E-state index contributed by atoms with van der Waals surface area (Å²) in [5.41, 5.74) is 2.62. The van der Waals surface area contributed by atoms with E-state index < -0.39 is 23.6 Å². The number of methoxy groups -OCH3 is 1. The van der Waals surface area contributed by atoms with E-state index in [-0.39, 0.29) is 23.7 Å². The molecule has 232 valence electrons. The number of anilines is 1. The number of ether oxygens (including phenoxy) is 1. The summed E-state index contributed by atoms with van der Waals surface area (Å²) in [6.07, 6.45) is 3.62. The van der Waals surface area contributed by atoms with E-state index in [2.05, 4.69) is 46.4 Å². The number of nitrogens with one attached hydrogen (secondary N) is 4. The number of rotatable bonds is 10. The first-order valence-corrected chi connectivity index (χ1v) is 14.1. The third-order valence-corrected chi connectivity index (χ3v) is 6.86. The highest BCUT2D eigenvalue weighted by atomic mass is 35.5. The van der Waals surface area contributed by atoms with E-state index in [1.165, 1.54) is 30.3 Å². The molecule has 2 aromatic heterocycles. The first-order chi connectivity index (χ1) is 22.3. The van der Waals surface area contributed by atoms with Crippen molar-refractivity contribution in [1.82, 2.24) is 41.0 Å². The highest BCUT2D eigenvalue weighted by Crippen LogP contribution is 2.22. The maximum Gasteiger partial charge on any atom is 0.411 e. The quantitative estimate of drug-likeness (QED) is 0.166. The van der Waals surface area contributed by atoms with Crippen molar-refractivity contribution in [3.8, 4) is 16.8 Å². The molecule has 3 amide bonds. The number of aromatic amines is 1. The summed E-state index contributed by atoms with van der Waals surface area (Å²) < 4.78 is 6.03. The van der Waals surface area contributed by atoms with Crippen LogP contribution in [0.1, 0.15) is 27.7 Å². The first kappa shape index (κ1) is 31.3. The molecule has 0 saturated carbocycles. The standard InChI is InChI=1S/C31H26ClN9O5/c1-46-31(45)35-23-11-7-19(8-12-23)24-16-25(37-38-30(24)44)26(17-33-29(43)20-5-3-2-4-6-20)36-28(42)14-9-21-15-22(32)10-13-27(21)41-18-34-39-40-41/h2-16,18,26H,17H2,1H3,(H,33,43)(H,35,45)(H,36,42)(H,38,44)/t26-/m0/s1. The van der Waals surface area contributed by atoms with Gasteiger partial charge < -0.3 is 15.4 Å². The van der Waals surface area contributed by atoms with Crippen molar-refractivity contribution in [3.63, 3.8) is 0 Å². The van der Waals surface area contributed by atoms with Gasteiger partial charge in [0.25, 0.3) is 11.5 Å². The van der Waals surface area contributed by atoms with Crippen LogP contribution in [0.15, 0.2) is 96.1 Å². The summed E-state index contributed by atoms with van der Waals surface area (Å²) in [7, 11) is 1.25. The molecule has 0 aliphatic rings. The Hall–Kier alpha value is -6.15. The highest BCUT2D eigenvalue weighted by Gasteiger charge is 2.19. The lowest BCUT2D eigenvalue weighted by molar-refractivity contribution is -0.117. The third kappa shape index (κ3) is 7.86. The van der Waals surface area contributed by atoms with Gasteiger partial charge in [-0.05, 0) is 70.6 Å². The Balaban J connectivity index is 1.41. The van der Waals surface area contributed by atoms with Gasteiger partial charge in [0.05, 0.1) is 30.1 Å². The number of tetrazole rings is 1. The average Bonchev–Trinajstić information content (AvgIpc) is 3.61. The predicted octanol–water partition coefficient (Wildman–Crippen LogP) is 3.55. The molecule has 0 unspecified atom stereocenters. The molecule has 0 spiro atoms. The molecular formula is C31H26ClN9O5. The van der Waals surface area contributed by atoms with E-state index in [0.29, 0.717) is 33.1 Å². The number of H-pyrrole nitrogens is 1. The minimum Gasteiger partial charge on any atom is -0.453 e. The second kappa shape index (κ2) is 14.5. The van der Waals surface area contributed by atoms with Crippen molar-refractivity contribution in [2.45, 2.75) is 6.04 Å². The van der Waals surface area contributed by atoms with Crippen LogP contribution in [0.25, 0.3) is 22.9 Å². The first-order valence-electron chi connectivity index (χ1n) is 13.7. The molecule has 0 bridgehead atoms. The van der Waals surface area contributed by atoms with Gasteiger partial charge in [-0.3, -0.25) is 19.7 Å². The van der Waals surface area contributed by atoms with E-state index in [4.69, 9.17) is 11.6 Å². The average molecular weight is 640 g/mol. The molecule has 1 atom stereocenters. The Morgan fingerprint density at radius 1 is 1.04 bits per heavy atom. The van der Waals surface area contributed by atoms with Crippen LogP contribution in [0.5, 0.6) is 0 Å². The fourth-order valence-electron chi connectivity index (χ4n) is 4.36. The number of amides is 3. The summed E-state index contributed by atoms with van der Waals surface area (Å²) in [4.78, 5) is 50.4. The molecule has 0 fully saturated rings. The zero-order valence-electron chi connectivity index (χ0n) is 24.2. The monoisotopic (exact) mass is 639 g/mol. The van der Waals surface area contributed by atoms with Gasteiger partial charge in [-0.2, -0.15) is 9.78 Å². The third-order valence-electron chi connectivity index (χ3n) is 6.63. The van der Waals surface area contributed by atoms with Crippen LogP contribution >= 0.6 is 11.6 Å². The lowest BCUT2D eigenvalue weighted by atomic mass is 10.0. The predicted molar refractivity (Wildman–Crippen MR) is 169 cm³/mol. The van der Waals surface area contributed by atoms with Gasteiger partial charge in [0.15, 0.2) is 0 Å². The second-order valence-electron chi connectivity index (χ2n) is 9.66. The number of halogens is 1. The number of carbonyl (C=O) groups excluding carboxylic acids is 3. The molecule has 0 aliphatic carbocycles. The van der Waals surface area contributed by atoms with Crippen molar-refractivity contribution < 1.29 is 19.1 Å². The lowest BCUT2D eigenvalue weighted by Gasteiger charge is -2.19. The lowest BCUT2D eigenvalue weighted by Crippen LogP contribution is -2.38. The minimum atomic E-state index is -0.862. The molecule has 3 aromatic carbocycles. The van der Waals surface area contributed by atoms with Crippen molar-refractivity contribution in [1.29, 1.82) is 0 Å². The normalized spacial score (nSPS) is 11.5.